The quantitative estimate of drug-likeness (QED) is 0.377. The molecule has 3 rings (SSSR count). The molecule has 0 radical (unpaired) electrons. The van der Waals surface area contributed by atoms with Gasteiger partial charge in [-0.1, -0.05) is 65.8 Å². The molecule has 2 aromatic carbocycles. The molecule has 0 amide bonds. The Kier molecular flexibility index (Phi) is 6.49. The molecule has 0 saturated carbocycles. The Balaban J connectivity index is 1.83. The summed E-state index contributed by atoms with van der Waals surface area (Å²) in [6, 6.07) is 19.7. The smallest absolute Gasteiger partial charge is 0.0914 e. The van der Waals surface area contributed by atoms with Crippen molar-refractivity contribution in [1.82, 2.24) is 0 Å². The van der Waals surface area contributed by atoms with E-state index in [0.717, 1.165) is 22.6 Å². The zero-order chi connectivity index (χ0) is 16.6. The van der Waals surface area contributed by atoms with Gasteiger partial charge in [0.25, 0.3) is 0 Å². The monoisotopic (exact) mass is 357 g/mol. The van der Waals surface area contributed by atoms with Gasteiger partial charge in [-0.3, -0.25) is 0 Å². The zero-order valence-electron chi connectivity index (χ0n) is 13.2. The van der Waals surface area contributed by atoms with Crippen LogP contribution < -0.4 is 0 Å². The van der Waals surface area contributed by atoms with Gasteiger partial charge in [-0.15, -0.1) is 23.5 Å². The fourth-order valence-electron chi connectivity index (χ4n) is 2.68. The fraction of sp³-hybridized carbons (Fsp3) is 0.333. The second-order valence-corrected chi connectivity index (χ2v) is 8.23. The maximum Gasteiger partial charge on any atom is 0.0914 e. The van der Waals surface area contributed by atoms with Crippen molar-refractivity contribution in [2.24, 2.45) is 5.11 Å². The summed E-state index contributed by atoms with van der Waals surface area (Å²) in [5.74, 6) is 2.22. The topological polar surface area (TPSA) is 58.0 Å². The largest absolute Gasteiger partial charge is 0.371 e. The molecule has 24 heavy (non-hydrogen) atoms. The maximum absolute atomic E-state index is 9.06. The van der Waals surface area contributed by atoms with E-state index in [1.807, 2.05) is 72.1 Å². The second-order valence-electron chi connectivity index (χ2n) is 5.43. The van der Waals surface area contributed by atoms with E-state index in [-0.39, 0.29) is 16.7 Å². The van der Waals surface area contributed by atoms with Crippen LogP contribution in [0.4, 0.5) is 0 Å². The van der Waals surface area contributed by atoms with E-state index in [1.54, 1.807) is 0 Å². The predicted molar refractivity (Wildman–Crippen MR) is 102 cm³/mol. The highest BCUT2D eigenvalue weighted by Gasteiger charge is 2.34. The number of nitrogens with zero attached hydrogens (tertiary/aromatic N) is 3. The summed E-state index contributed by atoms with van der Waals surface area (Å²) in [5, 5.41) is 4.08. The minimum atomic E-state index is -0.317. The molecule has 1 aliphatic heterocycles. The van der Waals surface area contributed by atoms with Gasteiger partial charge < -0.3 is 4.74 Å². The van der Waals surface area contributed by atoms with Crippen molar-refractivity contribution in [3.05, 3.63) is 82.2 Å². The van der Waals surface area contributed by atoms with E-state index in [2.05, 4.69) is 22.2 Å². The van der Waals surface area contributed by atoms with Gasteiger partial charge in [0.1, 0.15) is 0 Å². The summed E-state index contributed by atoms with van der Waals surface area (Å²) in [6.45, 7) is 0.521. The van der Waals surface area contributed by atoms with Crippen LogP contribution in [-0.4, -0.2) is 22.2 Å². The molecule has 2 atom stereocenters. The van der Waals surface area contributed by atoms with Crippen molar-refractivity contribution in [2.75, 3.05) is 11.5 Å². The van der Waals surface area contributed by atoms with Gasteiger partial charge >= 0.3 is 0 Å². The van der Waals surface area contributed by atoms with Gasteiger partial charge in [0, 0.05) is 16.4 Å². The van der Waals surface area contributed by atoms with Crippen LogP contribution in [0.3, 0.4) is 0 Å². The first kappa shape index (κ1) is 17.2. The van der Waals surface area contributed by atoms with E-state index >= 15 is 0 Å². The van der Waals surface area contributed by atoms with Gasteiger partial charge in [-0.05, 0) is 16.7 Å². The summed E-state index contributed by atoms with van der Waals surface area (Å²) < 4.78 is 6.56. The van der Waals surface area contributed by atoms with E-state index < -0.39 is 0 Å². The average molecular weight is 358 g/mol. The summed E-state index contributed by atoms with van der Waals surface area (Å²) in [5.41, 5.74) is 11.2. The molecule has 1 fully saturated rings. The SMILES string of the molecule is [N-]=[N+]=N[C@H](c1ccccc1)[C@@H](OCc1ccccc1)C1SCCS1. The molecule has 1 aliphatic rings. The maximum atomic E-state index is 9.06. The van der Waals surface area contributed by atoms with Crippen molar-refractivity contribution in [2.45, 2.75) is 23.3 Å². The van der Waals surface area contributed by atoms with Crippen LogP contribution in [-0.2, 0) is 11.3 Å². The lowest BCUT2D eigenvalue weighted by Gasteiger charge is -2.28. The standard InChI is InChI=1S/C18H19N3OS2/c19-21-20-16(15-9-5-2-6-10-15)17(18-23-11-12-24-18)22-13-14-7-3-1-4-8-14/h1-10,16-18H,11-13H2/t16-,17-/m1/s1. The van der Waals surface area contributed by atoms with Gasteiger partial charge in [-0.25, -0.2) is 0 Å². The fourth-order valence-corrected chi connectivity index (χ4v) is 5.71. The third-order valence-corrected chi connectivity index (χ3v) is 6.98. The Morgan fingerprint density at radius 3 is 2.29 bits per heavy atom. The van der Waals surface area contributed by atoms with E-state index in [1.165, 1.54) is 0 Å². The molecule has 0 bridgehead atoms. The van der Waals surface area contributed by atoms with Gasteiger partial charge in [0.05, 0.1) is 23.3 Å². The number of ether oxygens (including phenoxy) is 1. The van der Waals surface area contributed by atoms with Gasteiger partial charge in [0.15, 0.2) is 0 Å². The number of benzene rings is 2. The van der Waals surface area contributed by atoms with Gasteiger partial charge in [-0.2, -0.15) is 0 Å². The molecular weight excluding hydrogens is 338 g/mol. The number of hydrogen-bond donors (Lipinski definition) is 0. The predicted octanol–water partition coefficient (Wildman–Crippen LogP) is 5.43. The molecule has 124 valence electrons. The Bertz CT molecular complexity index is 671. The Morgan fingerprint density at radius 2 is 1.67 bits per heavy atom. The minimum Gasteiger partial charge on any atom is -0.371 e. The lowest BCUT2D eigenvalue weighted by molar-refractivity contribution is 0.0343. The van der Waals surface area contributed by atoms with Crippen LogP contribution >= 0.6 is 23.5 Å². The van der Waals surface area contributed by atoms with Crippen molar-refractivity contribution < 1.29 is 4.74 Å². The van der Waals surface area contributed by atoms with Crippen molar-refractivity contribution >= 4 is 23.5 Å². The summed E-state index contributed by atoms with van der Waals surface area (Å²) in [4.78, 5) is 3.09. The first-order valence-corrected chi connectivity index (χ1v) is 9.96. The highest BCUT2D eigenvalue weighted by Crippen LogP contribution is 2.41. The molecule has 4 nitrogen and oxygen atoms in total. The molecule has 0 unspecified atom stereocenters. The van der Waals surface area contributed by atoms with Crippen molar-refractivity contribution in [3.63, 3.8) is 0 Å². The van der Waals surface area contributed by atoms with E-state index in [0.29, 0.717) is 6.61 Å². The van der Waals surface area contributed by atoms with Crippen LogP contribution in [0.1, 0.15) is 17.2 Å². The molecular formula is C18H19N3OS2. The Morgan fingerprint density at radius 1 is 1.04 bits per heavy atom. The zero-order valence-corrected chi connectivity index (χ0v) is 14.8. The third kappa shape index (κ3) is 4.48. The van der Waals surface area contributed by atoms with Crippen LogP contribution in [0.25, 0.3) is 10.4 Å². The first-order valence-electron chi connectivity index (χ1n) is 7.86. The van der Waals surface area contributed by atoms with Crippen LogP contribution in [0, 0.1) is 0 Å². The van der Waals surface area contributed by atoms with E-state index in [4.69, 9.17) is 10.3 Å². The summed E-state index contributed by atoms with van der Waals surface area (Å²) in [6.07, 6.45) is -0.152. The van der Waals surface area contributed by atoms with Crippen LogP contribution in [0.15, 0.2) is 65.8 Å². The van der Waals surface area contributed by atoms with E-state index in [9.17, 15) is 0 Å². The summed E-state index contributed by atoms with van der Waals surface area (Å²) in [7, 11) is 0. The lowest BCUT2D eigenvalue weighted by Crippen LogP contribution is -2.29. The first-order chi connectivity index (χ1) is 11.9. The second kappa shape index (κ2) is 9.04. The Labute approximate surface area is 150 Å². The van der Waals surface area contributed by atoms with Crippen molar-refractivity contribution in [3.8, 4) is 0 Å². The van der Waals surface area contributed by atoms with Crippen molar-refractivity contribution in [1.29, 1.82) is 0 Å². The molecule has 1 saturated heterocycles. The number of rotatable bonds is 7. The third-order valence-electron chi connectivity index (χ3n) is 3.83. The van der Waals surface area contributed by atoms with Gasteiger partial charge in [0.2, 0.25) is 0 Å². The number of hydrogen-bond acceptors (Lipinski definition) is 4. The normalized spacial score (nSPS) is 17.2. The minimum absolute atomic E-state index is 0.152. The Hall–Kier alpha value is -1.59. The van der Waals surface area contributed by atoms with Crippen LogP contribution in [0.2, 0.25) is 0 Å². The highest BCUT2D eigenvalue weighted by molar-refractivity contribution is 8.20. The molecule has 0 aliphatic carbocycles. The number of thioether (sulfide) groups is 2. The lowest BCUT2D eigenvalue weighted by atomic mass is 10.0. The molecule has 1 heterocycles. The molecule has 0 spiro atoms. The van der Waals surface area contributed by atoms with Crippen LogP contribution in [0.5, 0.6) is 0 Å². The average Bonchev–Trinajstić information content (AvgIpc) is 3.17. The molecule has 6 heteroatoms. The molecule has 2 aromatic rings. The number of azide groups is 1. The summed E-state index contributed by atoms with van der Waals surface area (Å²) >= 11 is 3.78. The highest BCUT2D eigenvalue weighted by atomic mass is 32.2. The molecule has 0 N–H and O–H groups in total. The molecule has 0 aromatic heterocycles.